The number of para-hydroxylation sites is 1. The van der Waals surface area contributed by atoms with E-state index in [0.29, 0.717) is 17.7 Å². The molecule has 174 valence electrons. The van der Waals surface area contributed by atoms with Gasteiger partial charge in [-0.1, -0.05) is 31.4 Å². The van der Waals surface area contributed by atoms with Crippen molar-refractivity contribution in [2.24, 2.45) is 5.10 Å². The molecule has 7 heteroatoms. The summed E-state index contributed by atoms with van der Waals surface area (Å²) in [4.78, 5) is 18.3. The van der Waals surface area contributed by atoms with Gasteiger partial charge in [0, 0.05) is 5.92 Å². The molecule has 0 amide bonds. The summed E-state index contributed by atoms with van der Waals surface area (Å²) in [7, 11) is 0. The fourth-order valence-corrected chi connectivity index (χ4v) is 5.03. The fourth-order valence-electron chi connectivity index (χ4n) is 4.28. The summed E-state index contributed by atoms with van der Waals surface area (Å²) in [6.07, 6.45) is 7.38. The number of halogens is 1. The van der Waals surface area contributed by atoms with Gasteiger partial charge in [0.1, 0.15) is 5.82 Å². The Morgan fingerprint density at radius 2 is 1.97 bits per heavy atom. The average Bonchev–Trinajstić information content (AvgIpc) is 2.81. The summed E-state index contributed by atoms with van der Waals surface area (Å²) in [5, 5.41) is 5.23. The minimum atomic E-state index is -0.128. The predicted octanol–water partition coefficient (Wildman–Crippen LogP) is 6.12. The Bertz CT molecular complexity index is 1210. The lowest BCUT2D eigenvalue weighted by atomic mass is 9.88. The van der Waals surface area contributed by atoms with Crippen molar-refractivity contribution in [3.8, 4) is 11.5 Å². The van der Waals surface area contributed by atoms with Crippen LogP contribution in [0.4, 0.5) is 0 Å². The van der Waals surface area contributed by atoms with Gasteiger partial charge in [-0.25, -0.2) is 4.98 Å². The van der Waals surface area contributed by atoms with Crippen molar-refractivity contribution in [3.05, 3.63) is 61.7 Å². The number of ether oxygens (including phenoxy) is 2. The van der Waals surface area contributed by atoms with Crippen molar-refractivity contribution in [1.29, 1.82) is 0 Å². The van der Waals surface area contributed by atoms with E-state index in [1.807, 2.05) is 57.2 Å². The summed E-state index contributed by atoms with van der Waals surface area (Å²) in [5.74, 6) is 2.41. The summed E-state index contributed by atoms with van der Waals surface area (Å²) < 4.78 is 14.2. The highest BCUT2D eigenvalue weighted by Gasteiger charge is 2.22. The van der Waals surface area contributed by atoms with Crippen LogP contribution in [0.2, 0.25) is 0 Å². The summed E-state index contributed by atoms with van der Waals surface area (Å²) >= 11 is 2.25. The van der Waals surface area contributed by atoms with E-state index in [0.717, 1.165) is 51.9 Å². The zero-order chi connectivity index (χ0) is 23.4. The minimum Gasteiger partial charge on any atom is -0.490 e. The van der Waals surface area contributed by atoms with Crippen molar-refractivity contribution in [1.82, 2.24) is 9.66 Å². The molecule has 0 N–H and O–H groups in total. The van der Waals surface area contributed by atoms with Crippen LogP contribution in [0.1, 0.15) is 70.2 Å². The Labute approximate surface area is 208 Å². The average molecular weight is 559 g/mol. The minimum absolute atomic E-state index is 0.0394. The van der Waals surface area contributed by atoms with E-state index >= 15 is 0 Å². The number of hydrogen-bond donors (Lipinski definition) is 0. The molecule has 0 unspecified atom stereocenters. The number of rotatable bonds is 7. The van der Waals surface area contributed by atoms with E-state index in [-0.39, 0.29) is 17.6 Å². The number of fused-ring (bicyclic) bond motifs is 1. The molecule has 1 aliphatic carbocycles. The highest BCUT2D eigenvalue weighted by Crippen LogP contribution is 2.35. The molecule has 2 aromatic carbocycles. The van der Waals surface area contributed by atoms with Gasteiger partial charge in [0.15, 0.2) is 11.5 Å². The van der Waals surface area contributed by atoms with Crippen LogP contribution in [0, 0.1) is 3.57 Å². The van der Waals surface area contributed by atoms with Crippen LogP contribution in [-0.2, 0) is 0 Å². The smallest absolute Gasteiger partial charge is 0.282 e. The Hall–Kier alpha value is -2.42. The Balaban J connectivity index is 1.79. The van der Waals surface area contributed by atoms with E-state index in [1.54, 1.807) is 6.21 Å². The standard InChI is InChI=1S/C26H30IN3O3/c1-4-32-23-15-18(14-21(27)24(23)33-17(2)3)16-28-30-25(19-10-6-5-7-11-19)29-22-13-9-8-12-20(22)26(30)31/h8-9,12-17,19H,4-7,10-11H2,1-3H3. The van der Waals surface area contributed by atoms with Crippen LogP contribution in [0.25, 0.3) is 10.9 Å². The second-order valence-electron chi connectivity index (χ2n) is 8.61. The molecule has 1 fully saturated rings. The van der Waals surface area contributed by atoms with Gasteiger partial charge in [0.25, 0.3) is 5.56 Å². The summed E-state index contributed by atoms with van der Waals surface area (Å²) in [5.41, 5.74) is 1.45. The maximum absolute atomic E-state index is 13.4. The zero-order valence-electron chi connectivity index (χ0n) is 19.4. The van der Waals surface area contributed by atoms with Crippen LogP contribution >= 0.6 is 22.6 Å². The van der Waals surface area contributed by atoms with Gasteiger partial charge in [-0.05, 0) is 86.0 Å². The van der Waals surface area contributed by atoms with Crippen molar-refractivity contribution in [3.63, 3.8) is 0 Å². The number of hydrogen-bond acceptors (Lipinski definition) is 5. The third-order valence-corrected chi connectivity index (χ3v) is 6.56. The predicted molar refractivity (Wildman–Crippen MR) is 141 cm³/mol. The lowest BCUT2D eigenvalue weighted by Gasteiger charge is -2.22. The molecule has 33 heavy (non-hydrogen) atoms. The highest BCUT2D eigenvalue weighted by atomic mass is 127. The Morgan fingerprint density at radius 3 is 2.70 bits per heavy atom. The van der Waals surface area contributed by atoms with E-state index in [9.17, 15) is 4.79 Å². The molecule has 3 aromatic rings. The van der Waals surface area contributed by atoms with Gasteiger partial charge >= 0.3 is 0 Å². The lowest BCUT2D eigenvalue weighted by Crippen LogP contribution is -2.25. The van der Waals surface area contributed by atoms with Crippen molar-refractivity contribution in [2.45, 2.75) is 64.9 Å². The van der Waals surface area contributed by atoms with Crippen molar-refractivity contribution >= 4 is 39.7 Å². The molecule has 6 nitrogen and oxygen atoms in total. The van der Waals surface area contributed by atoms with Crippen LogP contribution < -0.4 is 15.0 Å². The van der Waals surface area contributed by atoms with Crippen LogP contribution in [0.15, 0.2) is 46.3 Å². The Kier molecular flexibility index (Phi) is 7.67. The first-order chi connectivity index (χ1) is 16.0. The van der Waals surface area contributed by atoms with Gasteiger partial charge in [-0.15, -0.1) is 0 Å². The lowest BCUT2D eigenvalue weighted by molar-refractivity contribution is 0.222. The number of aromatic nitrogens is 2. The third-order valence-electron chi connectivity index (χ3n) is 5.76. The maximum atomic E-state index is 13.4. The monoisotopic (exact) mass is 559 g/mol. The molecule has 1 aromatic heterocycles. The third kappa shape index (κ3) is 5.39. The topological polar surface area (TPSA) is 65.7 Å². The van der Waals surface area contributed by atoms with E-state index in [4.69, 9.17) is 14.5 Å². The van der Waals surface area contributed by atoms with Gasteiger partial charge in [0.2, 0.25) is 0 Å². The summed E-state index contributed by atoms with van der Waals surface area (Å²) in [6, 6.07) is 11.4. The fraction of sp³-hybridized carbons (Fsp3) is 0.423. The molecular weight excluding hydrogens is 529 g/mol. The van der Waals surface area contributed by atoms with Crippen LogP contribution in [0.3, 0.4) is 0 Å². The van der Waals surface area contributed by atoms with E-state index < -0.39 is 0 Å². The quantitative estimate of drug-likeness (QED) is 0.259. The SMILES string of the molecule is CCOc1cc(C=Nn2c(C3CCCCC3)nc3ccccc3c2=O)cc(I)c1OC(C)C. The second-order valence-corrected chi connectivity index (χ2v) is 9.78. The summed E-state index contributed by atoms with van der Waals surface area (Å²) in [6.45, 7) is 6.47. The molecule has 1 aliphatic rings. The first kappa shape index (κ1) is 23.7. The Morgan fingerprint density at radius 1 is 1.21 bits per heavy atom. The molecule has 1 heterocycles. The number of benzene rings is 2. The van der Waals surface area contributed by atoms with Gasteiger partial charge in [-0.2, -0.15) is 9.78 Å². The maximum Gasteiger partial charge on any atom is 0.282 e. The van der Waals surface area contributed by atoms with Crippen LogP contribution in [0.5, 0.6) is 11.5 Å². The molecule has 1 saturated carbocycles. The molecule has 4 rings (SSSR count). The normalized spacial score (nSPS) is 14.9. The molecule has 0 saturated heterocycles. The van der Waals surface area contributed by atoms with Crippen molar-refractivity contribution < 1.29 is 9.47 Å². The largest absolute Gasteiger partial charge is 0.490 e. The van der Waals surface area contributed by atoms with Crippen molar-refractivity contribution in [2.75, 3.05) is 6.61 Å². The second kappa shape index (κ2) is 10.7. The van der Waals surface area contributed by atoms with Gasteiger partial charge in [0.05, 0.1) is 33.4 Å². The van der Waals surface area contributed by atoms with Gasteiger partial charge in [-0.3, -0.25) is 4.79 Å². The first-order valence-electron chi connectivity index (χ1n) is 11.7. The van der Waals surface area contributed by atoms with E-state index in [2.05, 4.69) is 27.7 Å². The van der Waals surface area contributed by atoms with Gasteiger partial charge < -0.3 is 9.47 Å². The highest BCUT2D eigenvalue weighted by molar-refractivity contribution is 14.1. The molecule has 0 bridgehead atoms. The van der Waals surface area contributed by atoms with Crippen LogP contribution in [-0.4, -0.2) is 28.6 Å². The number of nitrogens with zero attached hydrogens (tertiary/aromatic N) is 3. The zero-order valence-corrected chi connectivity index (χ0v) is 21.5. The molecule has 0 radical (unpaired) electrons. The van der Waals surface area contributed by atoms with E-state index in [1.165, 1.54) is 11.1 Å². The molecule has 0 spiro atoms. The molecular formula is C26H30IN3O3. The molecule has 0 atom stereocenters. The molecule has 0 aliphatic heterocycles. The first-order valence-corrected chi connectivity index (χ1v) is 12.7.